The zero-order valence-corrected chi connectivity index (χ0v) is 4.62. The van der Waals surface area contributed by atoms with E-state index in [9.17, 15) is 4.79 Å². The maximum atomic E-state index is 9.44. The summed E-state index contributed by atoms with van der Waals surface area (Å²) in [6.07, 6.45) is 0. The minimum absolute atomic E-state index is 0.167. The molecule has 0 fully saturated rings. The van der Waals surface area contributed by atoms with Gasteiger partial charge in [-0.25, -0.2) is 0 Å². The van der Waals surface area contributed by atoms with Gasteiger partial charge in [-0.3, -0.25) is 0 Å². The van der Waals surface area contributed by atoms with Crippen molar-refractivity contribution in [3.63, 3.8) is 0 Å². The van der Waals surface area contributed by atoms with Crippen LogP contribution in [0.3, 0.4) is 0 Å². The van der Waals surface area contributed by atoms with Crippen molar-refractivity contribution in [2.45, 2.75) is 20.8 Å². The smallest absolute Gasteiger partial charge is 0.126 e. The number of carbonyl (C=O) groups excluding carboxylic acids is 1. The van der Waals surface area contributed by atoms with E-state index in [-0.39, 0.29) is 5.78 Å². The van der Waals surface area contributed by atoms with E-state index >= 15 is 0 Å². The van der Waals surface area contributed by atoms with Gasteiger partial charge in [-0.1, -0.05) is 13.8 Å². The van der Waals surface area contributed by atoms with Crippen LogP contribution in [-0.4, -0.2) is 5.78 Å². The summed E-state index contributed by atoms with van der Waals surface area (Å²) >= 11 is 0. The van der Waals surface area contributed by atoms with Crippen molar-refractivity contribution in [2.75, 3.05) is 0 Å². The molecule has 0 N–H and O–H groups in total. The van der Waals surface area contributed by atoms with Crippen LogP contribution in [0.4, 0.5) is 0 Å². The maximum Gasteiger partial charge on any atom is 0.126 e. The predicted molar refractivity (Wildman–Crippen MR) is 27.4 cm³/mol. The largest absolute Gasteiger partial charge is 0.300 e. The van der Waals surface area contributed by atoms with E-state index in [2.05, 4.69) is 6.92 Å². The van der Waals surface area contributed by atoms with Gasteiger partial charge in [0.25, 0.3) is 0 Å². The van der Waals surface area contributed by atoms with Gasteiger partial charge in [0.15, 0.2) is 0 Å². The first-order valence-electron chi connectivity index (χ1n) is 1.91. The quantitative estimate of drug-likeness (QED) is 0.437. The minimum Gasteiger partial charge on any atom is -0.300 e. The molecule has 1 radical (unpaired) electrons. The zero-order chi connectivity index (χ0) is 5.58. The number of hydrogen-bond donors (Lipinski definition) is 0. The molecule has 0 aromatic rings. The highest BCUT2D eigenvalue weighted by atomic mass is 16.1. The first kappa shape index (κ1) is 9.18. The average Bonchev–Trinajstić information content (AvgIpc) is 1.41. The Balaban J connectivity index is 0. The van der Waals surface area contributed by atoms with Crippen molar-refractivity contribution in [2.24, 2.45) is 0 Å². The van der Waals surface area contributed by atoms with Crippen molar-refractivity contribution < 1.29 is 4.79 Å². The van der Waals surface area contributed by atoms with E-state index in [1.807, 2.05) is 0 Å². The Morgan fingerprint density at radius 3 is 1.33 bits per heavy atom. The second-order valence-corrected chi connectivity index (χ2v) is 0.908. The van der Waals surface area contributed by atoms with E-state index < -0.39 is 0 Å². The molecule has 1 nitrogen and oxygen atoms in total. The Kier molecular flexibility index (Phi) is 13.5. The average molecular weight is 87.1 g/mol. The topological polar surface area (TPSA) is 17.1 Å². The summed E-state index contributed by atoms with van der Waals surface area (Å²) in [4.78, 5) is 9.44. The van der Waals surface area contributed by atoms with E-state index in [4.69, 9.17) is 0 Å². The lowest BCUT2D eigenvalue weighted by molar-refractivity contribution is -0.114. The molecular weight excluding hydrogens is 76.1 g/mol. The van der Waals surface area contributed by atoms with Gasteiger partial charge in [-0.15, -0.1) is 0 Å². The highest BCUT2D eigenvalue weighted by Gasteiger charge is 1.62. The maximum absolute atomic E-state index is 9.44. The molecule has 0 rings (SSSR count). The lowest BCUT2D eigenvalue weighted by atomic mass is 10.6. The second-order valence-electron chi connectivity index (χ2n) is 0.908. The van der Waals surface area contributed by atoms with Gasteiger partial charge >= 0.3 is 0 Å². The molecular formula is C5H11O. The van der Waals surface area contributed by atoms with Gasteiger partial charge in [0, 0.05) is 0 Å². The Morgan fingerprint density at radius 2 is 1.33 bits per heavy atom. The van der Waals surface area contributed by atoms with Crippen molar-refractivity contribution in [1.29, 1.82) is 0 Å². The summed E-state index contributed by atoms with van der Waals surface area (Å²) in [6.45, 7) is 8.06. The van der Waals surface area contributed by atoms with Crippen LogP contribution < -0.4 is 0 Å². The first-order chi connectivity index (χ1) is 2.73. The van der Waals surface area contributed by atoms with Crippen LogP contribution >= 0.6 is 0 Å². The molecule has 0 aliphatic heterocycles. The molecule has 1 heteroatoms. The van der Waals surface area contributed by atoms with Gasteiger partial charge in [-0.05, 0) is 13.8 Å². The Labute approximate surface area is 39.4 Å². The van der Waals surface area contributed by atoms with E-state index in [1.54, 1.807) is 6.92 Å². The molecule has 0 bridgehead atoms. The Hall–Kier alpha value is -0.330. The fourth-order valence-electron chi connectivity index (χ4n) is 0. The third-order valence-electron chi connectivity index (χ3n) is 0. The van der Waals surface area contributed by atoms with Gasteiger partial charge in [0.1, 0.15) is 5.78 Å². The van der Waals surface area contributed by atoms with Crippen molar-refractivity contribution in [1.82, 2.24) is 0 Å². The Morgan fingerprint density at radius 1 is 1.33 bits per heavy atom. The molecule has 6 heavy (non-hydrogen) atoms. The summed E-state index contributed by atoms with van der Waals surface area (Å²) in [7, 11) is 0. The lowest BCUT2D eigenvalue weighted by Gasteiger charge is -1.56. The molecule has 37 valence electrons. The third-order valence-corrected chi connectivity index (χ3v) is 0. The molecule has 0 atom stereocenters. The van der Waals surface area contributed by atoms with Crippen LogP contribution in [0.2, 0.25) is 0 Å². The van der Waals surface area contributed by atoms with Crippen LogP contribution in [0.25, 0.3) is 0 Å². The summed E-state index contributed by atoms with van der Waals surface area (Å²) in [5, 5.41) is 0. The van der Waals surface area contributed by atoms with Crippen LogP contribution in [-0.2, 0) is 4.79 Å². The Bertz CT molecular complexity index is 26.9. The molecule has 0 spiro atoms. The fraction of sp³-hybridized carbons (Fsp3) is 0.600. The number of hydrogen-bond acceptors (Lipinski definition) is 1. The molecule has 0 saturated carbocycles. The van der Waals surface area contributed by atoms with E-state index in [0.29, 0.717) is 0 Å². The van der Waals surface area contributed by atoms with Crippen molar-refractivity contribution in [3.05, 3.63) is 6.92 Å². The second kappa shape index (κ2) is 8.82. The van der Waals surface area contributed by atoms with Gasteiger partial charge in [0.05, 0.1) is 0 Å². The van der Waals surface area contributed by atoms with Crippen molar-refractivity contribution >= 4 is 5.78 Å². The minimum atomic E-state index is 0.167. The molecule has 0 aromatic carbocycles. The van der Waals surface area contributed by atoms with E-state index in [1.165, 1.54) is 13.8 Å². The standard InChI is InChI=1S/C3H6O.C2H5/c1-3(2)4;1-2/h1-2H3;1H2,2H3. The number of Topliss-reactive ketones (excluding diaryl/α,β-unsaturated/α-hetero) is 1. The first-order valence-corrected chi connectivity index (χ1v) is 1.91. The highest BCUT2D eigenvalue weighted by molar-refractivity contribution is 5.72. The SMILES string of the molecule is CC(C)=O.[CH2]C. The molecule has 0 aliphatic carbocycles. The fourth-order valence-corrected chi connectivity index (χ4v) is 0. The predicted octanol–water partition coefficient (Wildman–Crippen LogP) is 1.44. The summed E-state index contributed by atoms with van der Waals surface area (Å²) in [5.41, 5.74) is 0. The monoisotopic (exact) mass is 87.1 g/mol. The molecule has 0 heterocycles. The summed E-state index contributed by atoms with van der Waals surface area (Å²) in [6, 6.07) is 0. The van der Waals surface area contributed by atoms with Gasteiger partial charge < -0.3 is 4.79 Å². The van der Waals surface area contributed by atoms with Gasteiger partial charge in [-0.2, -0.15) is 0 Å². The van der Waals surface area contributed by atoms with Crippen molar-refractivity contribution in [3.8, 4) is 0 Å². The molecule has 0 aliphatic rings. The highest BCUT2D eigenvalue weighted by Crippen LogP contribution is 1.50. The molecule has 0 aromatic heterocycles. The molecule has 0 unspecified atom stereocenters. The van der Waals surface area contributed by atoms with Crippen LogP contribution in [0.15, 0.2) is 0 Å². The van der Waals surface area contributed by atoms with E-state index in [0.717, 1.165) is 0 Å². The summed E-state index contributed by atoms with van der Waals surface area (Å²) in [5.74, 6) is 0.167. The number of rotatable bonds is 0. The number of carbonyl (C=O) groups is 1. The number of ketones is 1. The molecule has 0 saturated heterocycles. The van der Waals surface area contributed by atoms with Gasteiger partial charge in [0.2, 0.25) is 0 Å². The molecule has 0 amide bonds. The van der Waals surface area contributed by atoms with Crippen LogP contribution in [0, 0.1) is 6.92 Å². The zero-order valence-electron chi connectivity index (χ0n) is 4.62. The summed E-state index contributed by atoms with van der Waals surface area (Å²) < 4.78 is 0. The van der Waals surface area contributed by atoms with Crippen LogP contribution in [0.1, 0.15) is 20.8 Å². The van der Waals surface area contributed by atoms with Crippen LogP contribution in [0.5, 0.6) is 0 Å². The normalized spacial score (nSPS) is 5.33. The lowest BCUT2D eigenvalue weighted by Crippen LogP contribution is -1.69. The third kappa shape index (κ3) is 240.